The molecule has 2 N–H and O–H groups in total. The summed E-state index contributed by atoms with van der Waals surface area (Å²) in [5.41, 5.74) is 0. The van der Waals surface area contributed by atoms with Crippen molar-refractivity contribution in [3.8, 4) is 0 Å². The Kier molecular flexibility index (Phi) is 6.84. The number of carboxylic acid groups (broad SMARTS) is 1. The smallest absolute Gasteiger partial charge is 0.322 e. The van der Waals surface area contributed by atoms with E-state index in [0.717, 1.165) is 19.3 Å². The first-order valence-corrected chi connectivity index (χ1v) is 8.67. The normalized spacial score (nSPS) is 14.6. The Morgan fingerprint density at radius 1 is 1.24 bits per heavy atom. The van der Waals surface area contributed by atoms with Gasteiger partial charge in [-0.15, -0.1) is 0 Å². The lowest BCUT2D eigenvalue weighted by Crippen LogP contribution is -2.45. The molecule has 1 rings (SSSR count). The van der Waals surface area contributed by atoms with E-state index >= 15 is 0 Å². The van der Waals surface area contributed by atoms with Gasteiger partial charge in [-0.25, -0.2) is 8.42 Å². The maximum atomic E-state index is 12.2. The zero-order valence-electron chi connectivity index (χ0n) is 12.5. The number of nitrogens with one attached hydrogen (secondary N) is 1. The molecule has 5 nitrogen and oxygen atoms in total. The Balaban J connectivity index is 2.81. The molecule has 0 spiro atoms. The zero-order chi connectivity index (χ0) is 15.9. The van der Waals surface area contributed by atoms with Gasteiger partial charge in [0, 0.05) is 0 Å². The molecule has 0 aliphatic rings. The van der Waals surface area contributed by atoms with E-state index in [0.29, 0.717) is 6.42 Å². The van der Waals surface area contributed by atoms with E-state index in [2.05, 4.69) is 11.6 Å². The number of unbranched alkanes of at least 4 members (excludes halogenated alkanes) is 2. The molecule has 0 amide bonds. The Hall–Kier alpha value is -1.40. The fraction of sp³-hybridized carbons (Fsp3) is 0.533. The molecule has 21 heavy (non-hydrogen) atoms. The minimum Gasteiger partial charge on any atom is -0.480 e. The minimum atomic E-state index is -3.81. The maximum absolute atomic E-state index is 12.2. The van der Waals surface area contributed by atoms with E-state index in [9.17, 15) is 18.3 Å². The van der Waals surface area contributed by atoms with Crippen LogP contribution in [0.1, 0.15) is 39.5 Å². The summed E-state index contributed by atoms with van der Waals surface area (Å²) in [6.45, 7) is 3.83. The number of aliphatic carboxylic acids is 1. The molecule has 118 valence electrons. The summed E-state index contributed by atoms with van der Waals surface area (Å²) in [6.07, 6.45) is 3.64. The van der Waals surface area contributed by atoms with Gasteiger partial charge in [0.2, 0.25) is 10.0 Å². The average Bonchev–Trinajstić information content (AvgIpc) is 2.45. The van der Waals surface area contributed by atoms with Crippen molar-refractivity contribution in [3.05, 3.63) is 30.3 Å². The highest BCUT2D eigenvalue weighted by Crippen LogP contribution is 2.17. The Morgan fingerprint density at radius 2 is 1.86 bits per heavy atom. The molecule has 0 radical (unpaired) electrons. The number of sulfonamides is 1. The van der Waals surface area contributed by atoms with Crippen molar-refractivity contribution in [2.24, 2.45) is 5.92 Å². The van der Waals surface area contributed by atoms with Crippen LogP contribution < -0.4 is 4.72 Å². The SMILES string of the molecule is CCCCCC(C)C(NS(=O)(=O)c1ccccc1)C(=O)O. The fourth-order valence-electron chi connectivity index (χ4n) is 2.13. The predicted octanol–water partition coefficient (Wildman–Crippen LogP) is 2.63. The van der Waals surface area contributed by atoms with Crippen LogP contribution in [-0.2, 0) is 14.8 Å². The lowest BCUT2D eigenvalue weighted by molar-refractivity contribution is -0.140. The number of hydrogen-bond donors (Lipinski definition) is 2. The second kappa shape index (κ2) is 8.14. The molecule has 0 aliphatic carbocycles. The van der Waals surface area contributed by atoms with Crippen molar-refractivity contribution >= 4 is 16.0 Å². The molecule has 0 bridgehead atoms. The highest BCUT2D eigenvalue weighted by molar-refractivity contribution is 7.89. The van der Waals surface area contributed by atoms with E-state index in [1.807, 2.05) is 0 Å². The van der Waals surface area contributed by atoms with Gasteiger partial charge in [-0.05, 0) is 24.5 Å². The van der Waals surface area contributed by atoms with Gasteiger partial charge in [0.25, 0.3) is 0 Å². The number of rotatable bonds is 9. The molecular weight excluding hydrogens is 290 g/mol. The third-order valence-corrected chi connectivity index (χ3v) is 4.89. The van der Waals surface area contributed by atoms with Crippen molar-refractivity contribution in [3.63, 3.8) is 0 Å². The van der Waals surface area contributed by atoms with Gasteiger partial charge >= 0.3 is 5.97 Å². The molecule has 1 aromatic carbocycles. The summed E-state index contributed by atoms with van der Waals surface area (Å²) >= 11 is 0. The number of hydrogen-bond acceptors (Lipinski definition) is 3. The quantitative estimate of drug-likeness (QED) is 0.686. The lowest BCUT2D eigenvalue weighted by Gasteiger charge is -2.21. The van der Waals surface area contributed by atoms with Crippen LogP contribution in [-0.4, -0.2) is 25.5 Å². The molecule has 6 heteroatoms. The Morgan fingerprint density at radius 3 is 2.38 bits per heavy atom. The Bertz CT molecular complexity index is 542. The van der Waals surface area contributed by atoms with Gasteiger partial charge in [0.15, 0.2) is 0 Å². The number of benzene rings is 1. The first kappa shape index (κ1) is 17.7. The lowest BCUT2D eigenvalue weighted by atomic mass is 9.96. The fourth-order valence-corrected chi connectivity index (χ4v) is 3.45. The summed E-state index contributed by atoms with van der Waals surface area (Å²) in [6, 6.07) is 6.71. The van der Waals surface area contributed by atoms with Crippen molar-refractivity contribution in [1.29, 1.82) is 0 Å². The first-order valence-electron chi connectivity index (χ1n) is 7.18. The van der Waals surface area contributed by atoms with Crippen LogP contribution in [0.3, 0.4) is 0 Å². The average molecular weight is 313 g/mol. The minimum absolute atomic E-state index is 0.0806. The van der Waals surface area contributed by atoms with Crippen LogP contribution in [0.4, 0.5) is 0 Å². The van der Waals surface area contributed by atoms with Crippen LogP contribution >= 0.6 is 0 Å². The molecule has 2 unspecified atom stereocenters. The molecule has 0 aromatic heterocycles. The molecule has 0 aliphatic heterocycles. The summed E-state index contributed by atoms with van der Waals surface area (Å²) in [5.74, 6) is -1.40. The molecule has 1 aromatic rings. The third-order valence-electron chi connectivity index (χ3n) is 3.43. The van der Waals surface area contributed by atoms with Crippen molar-refractivity contribution in [1.82, 2.24) is 4.72 Å². The summed E-state index contributed by atoms with van der Waals surface area (Å²) in [4.78, 5) is 11.4. The largest absolute Gasteiger partial charge is 0.480 e. The van der Waals surface area contributed by atoms with Crippen LogP contribution in [0.2, 0.25) is 0 Å². The highest BCUT2D eigenvalue weighted by atomic mass is 32.2. The predicted molar refractivity (Wildman–Crippen MR) is 81.5 cm³/mol. The van der Waals surface area contributed by atoms with Gasteiger partial charge in [0.1, 0.15) is 6.04 Å². The molecule has 0 saturated carbocycles. The maximum Gasteiger partial charge on any atom is 0.322 e. The second-order valence-electron chi connectivity index (χ2n) is 5.22. The van der Waals surface area contributed by atoms with Crippen molar-refractivity contribution < 1.29 is 18.3 Å². The van der Waals surface area contributed by atoms with E-state index < -0.39 is 22.0 Å². The van der Waals surface area contributed by atoms with Crippen LogP contribution in [0.15, 0.2) is 35.2 Å². The van der Waals surface area contributed by atoms with Gasteiger partial charge in [-0.3, -0.25) is 4.79 Å². The van der Waals surface area contributed by atoms with E-state index in [1.54, 1.807) is 25.1 Å². The summed E-state index contributed by atoms with van der Waals surface area (Å²) in [5, 5.41) is 9.28. The monoisotopic (exact) mass is 313 g/mol. The molecule has 0 saturated heterocycles. The van der Waals surface area contributed by atoms with Crippen LogP contribution in [0.25, 0.3) is 0 Å². The van der Waals surface area contributed by atoms with Gasteiger partial charge in [-0.1, -0.05) is 51.3 Å². The highest BCUT2D eigenvalue weighted by Gasteiger charge is 2.29. The van der Waals surface area contributed by atoms with Crippen LogP contribution in [0, 0.1) is 5.92 Å². The van der Waals surface area contributed by atoms with Crippen molar-refractivity contribution in [2.75, 3.05) is 0 Å². The van der Waals surface area contributed by atoms with E-state index in [1.165, 1.54) is 12.1 Å². The second-order valence-corrected chi connectivity index (χ2v) is 6.94. The van der Waals surface area contributed by atoms with Gasteiger partial charge in [-0.2, -0.15) is 4.72 Å². The third kappa shape index (κ3) is 5.47. The molecule has 2 atom stereocenters. The van der Waals surface area contributed by atoms with E-state index in [-0.39, 0.29) is 10.8 Å². The van der Waals surface area contributed by atoms with E-state index in [4.69, 9.17) is 0 Å². The van der Waals surface area contributed by atoms with Crippen molar-refractivity contribution in [2.45, 2.75) is 50.5 Å². The number of carbonyl (C=O) groups is 1. The summed E-state index contributed by atoms with van der Waals surface area (Å²) < 4.78 is 26.7. The number of carboxylic acids is 1. The topological polar surface area (TPSA) is 83.5 Å². The van der Waals surface area contributed by atoms with Crippen LogP contribution in [0.5, 0.6) is 0 Å². The van der Waals surface area contributed by atoms with Gasteiger partial charge < -0.3 is 5.11 Å². The standard InChI is InChI=1S/C15H23NO4S/c1-3-4-6-9-12(2)14(15(17)18)16-21(19,20)13-10-7-5-8-11-13/h5,7-8,10-12,14,16H,3-4,6,9H2,1-2H3,(H,17,18). The van der Waals surface area contributed by atoms with Gasteiger partial charge in [0.05, 0.1) is 4.90 Å². The molecule has 0 fully saturated rings. The molecular formula is C15H23NO4S. The summed E-state index contributed by atoms with van der Waals surface area (Å²) in [7, 11) is -3.81. The molecule has 0 heterocycles. The Labute approximate surface area is 126 Å². The zero-order valence-corrected chi connectivity index (χ0v) is 13.3. The first-order chi connectivity index (χ1) is 9.88.